The van der Waals surface area contributed by atoms with Gasteiger partial charge >= 0.3 is 0 Å². The van der Waals surface area contributed by atoms with E-state index in [1.807, 2.05) is 30.3 Å². The van der Waals surface area contributed by atoms with Crippen LogP contribution in [0.5, 0.6) is 0 Å². The van der Waals surface area contributed by atoms with Crippen molar-refractivity contribution in [3.8, 4) is 0 Å². The Morgan fingerprint density at radius 3 is 2.67 bits per heavy atom. The second-order valence-corrected chi connectivity index (χ2v) is 3.42. The third-order valence-electron chi connectivity index (χ3n) is 1.56. The lowest BCUT2D eigenvalue weighted by molar-refractivity contribution is 0.112. The van der Waals surface area contributed by atoms with Crippen LogP contribution in [0, 0.1) is 0 Å². The van der Waals surface area contributed by atoms with E-state index in [-0.39, 0.29) is 12.4 Å². The highest BCUT2D eigenvalue weighted by atomic mass is 35.5. The van der Waals surface area contributed by atoms with Gasteiger partial charge in [-0.1, -0.05) is 18.2 Å². The van der Waals surface area contributed by atoms with Gasteiger partial charge in [0.15, 0.2) is 6.29 Å². The van der Waals surface area contributed by atoms with E-state index in [2.05, 4.69) is 0 Å². The Bertz CT molecular complexity index is 361. The minimum atomic E-state index is 0. The van der Waals surface area contributed by atoms with Gasteiger partial charge in [-0.15, -0.1) is 23.7 Å². The largest absolute Gasteiger partial charge is 0.297 e. The molecule has 0 N–H and O–H groups in total. The van der Waals surface area contributed by atoms with E-state index in [9.17, 15) is 4.79 Å². The van der Waals surface area contributed by atoms with Gasteiger partial charge in [-0.3, -0.25) is 4.79 Å². The van der Waals surface area contributed by atoms with Crippen molar-refractivity contribution in [2.75, 3.05) is 0 Å². The maximum atomic E-state index is 10.4. The van der Waals surface area contributed by atoms with Crippen molar-refractivity contribution >= 4 is 40.1 Å². The monoisotopic (exact) mass is 198 g/mol. The summed E-state index contributed by atoms with van der Waals surface area (Å²) in [6, 6.07) is 9.90. The molecule has 0 saturated carbocycles. The quantitative estimate of drug-likeness (QED) is 0.644. The first-order chi connectivity index (χ1) is 5.40. The van der Waals surface area contributed by atoms with Gasteiger partial charge < -0.3 is 0 Å². The van der Waals surface area contributed by atoms with Gasteiger partial charge in [0.1, 0.15) is 0 Å². The standard InChI is InChI=1S/C9H6OS.ClH/c10-6-8-5-7-3-1-2-4-9(7)11-8;/h1-6H;1H. The number of aldehydes is 1. The lowest BCUT2D eigenvalue weighted by Gasteiger charge is -1.82. The van der Waals surface area contributed by atoms with E-state index in [1.54, 1.807) is 0 Å². The number of hydrogen-bond acceptors (Lipinski definition) is 2. The first kappa shape index (κ1) is 9.23. The van der Waals surface area contributed by atoms with Crippen LogP contribution in [-0.4, -0.2) is 6.29 Å². The topological polar surface area (TPSA) is 17.1 Å². The SMILES string of the molecule is Cl.O=Cc1cc2ccccc2s1. The average Bonchev–Trinajstić information content (AvgIpc) is 2.46. The zero-order valence-corrected chi connectivity index (χ0v) is 7.82. The fraction of sp³-hybridized carbons (Fsp3) is 0. The van der Waals surface area contributed by atoms with Crippen LogP contribution in [-0.2, 0) is 0 Å². The van der Waals surface area contributed by atoms with Gasteiger partial charge in [0, 0.05) is 4.70 Å². The van der Waals surface area contributed by atoms with Gasteiger partial charge in [-0.25, -0.2) is 0 Å². The molecule has 2 aromatic rings. The van der Waals surface area contributed by atoms with Gasteiger partial charge in [0.2, 0.25) is 0 Å². The summed E-state index contributed by atoms with van der Waals surface area (Å²) in [7, 11) is 0. The first-order valence-corrected chi connectivity index (χ1v) is 4.15. The Morgan fingerprint density at radius 2 is 2.00 bits per heavy atom. The van der Waals surface area contributed by atoms with Gasteiger partial charge in [-0.05, 0) is 17.5 Å². The maximum Gasteiger partial charge on any atom is 0.160 e. The van der Waals surface area contributed by atoms with Gasteiger partial charge in [0.25, 0.3) is 0 Å². The molecule has 0 fully saturated rings. The highest BCUT2D eigenvalue weighted by Gasteiger charge is 1.97. The van der Waals surface area contributed by atoms with E-state index >= 15 is 0 Å². The average molecular weight is 199 g/mol. The van der Waals surface area contributed by atoms with Crippen LogP contribution in [0.25, 0.3) is 10.1 Å². The normalized spacial score (nSPS) is 9.33. The maximum absolute atomic E-state index is 10.4. The highest BCUT2D eigenvalue weighted by Crippen LogP contribution is 2.23. The molecule has 3 heteroatoms. The van der Waals surface area contributed by atoms with E-state index in [0.29, 0.717) is 0 Å². The minimum Gasteiger partial charge on any atom is -0.297 e. The van der Waals surface area contributed by atoms with E-state index in [0.717, 1.165) is 16.5 Å². The van der Waals surface area contributed by atoms with Crippen molar-refractivity contribution in [2.45, 2.75) is 0 Å². The van der Waals surface area contributed by atoms with Crippen molar-refractivity contribution in [3.05, 3.63) is 35.2 Å². The Kier molecular flexibility index (Phi) is 2.84. The smallest absolute Gasteiger partial charge is 0.160 e. The third kappa shape index (κ3) is 1.49. The molecule has 0 aliphatic rings. The van der Waals surface area contributed by atoms with Crippen LogP contribution in [0.1, 0.15) is 9.67 Å². The zero-order chi connectivity index (χ0) is 7.68. The van der Waals surface area contributed by atoms with Gasteiger partial charge in [0.05, 0.1) is 4.88 Å². The summed E-state index contributed by atoms with van der Waals surface area (Å²) in [5.41, 5.74) is 0. The molecule has 2 rings (SSSR count). The van der Waals surface area contributed by atoms with Crippen molar-refractivity contribution in [3.63, 3.8) is 0 Å². The Morgan fingerprint density at radius 1 is 1.25 bits per heavy atom. The predicted molar refractivity (Wildman–Crippen MR) is 54.5 cm³/mol. The van der Waals surface area contributed by atoms with Gasteiger partial charge in [-0.2, -0.15) is 0 Å². The number of benzene rings is 1. The molecule has 12 heavy (non-hydrogen) atoms. The Balaban J connectivity index is 0.000000720. The fourth-order valence-electron chi connectivity index (χ4n) is 1.06. The van der Waals surface area contributed by atoms with Crippen molar-refractivity contribution in [1.82, 2.24) is 0 Å². The molecule has 0 spiro atoms. The molecule has 0 aliphatic heterocycles. The minimum absolute atomic E-state index is 0. The lowest BCUT2D eigenvalue weighted by atomic mass is 10.2. The number of halogens is 1. The lowest BCUT2D eigenvalue weighted by Crippen LogP contribution is -1.62. The summed E-state index contributed by atoms with van der Waals surface area (Å²) < 4.78 is 1.18. The molecule has 62 valence electrons. The fourth-order valence-corrected chi connectivity index (χ4v) is 1.94. The van der Waals surface area contributed by atoms with Crippen LogP contribution in [0.15, 0.2) is 30.3 Å². The Labute approximate surface area is 80.4 Å². The number of carbonyl (C=O) groups excluding carboxylic acids is 1. The van der Waals surface area contributed by atoms with Crippen LogP contribution in [0.4, 0.5) is 0 Å². The molecule has 1 nitrogen and oxygen atoms in total. The molecule has 0 amide bonds. The molecule has 1 heterocycles. The van der Waals surface area contributed by atoms with Crippen molar-refractivity contribution in [1.29, 1.82) is 0 Å². The third-order valence-corrected chi connectivity index (χ3v) is 2.60. The molecular formula is C9H7ClOS. The molecule has 0 bridgehead atoms. The number of thiophene rings is 1. The summed E-state index contributed by atoms with van der Waals surface area (Å²) >= 11 is 1.53. The molecule has 0 saturated heterocycles. The summed E-state index contributed by atoms with van der Waals surface area (Å²) in [6.45, 7) is 0. The molecule has 0 aliphatic carbocycles. The summed E-state index contributed by atoms with van der Waals surface area (Å²) in [5.74, 6) is 0. The highest BCUT2D eigenvalue weighted by molar-refractivity contribution is 7.20. The van der Waals surface area contributed by atoms with Crippen LogP contribution < -0.4 is 0 Å². The molecule has 0 unspecified atom stereocenters. The van der Waals surface area contributed by atoms with Crippen LogP contribution in [0.2, 0.25) is 0 Å². The van der Waals surface area contributed by atoms with Crippen molar-refractivity contribution in [2.24, 2.45) is 0 Å². The molecule has 0 radical (unpaired) electrons. The second kappa shape index (κ2) is 3.70. The number of fused-ring (bicyclic) bond motifs is 1. The summed E-state index contributed by atoms with van der Waals surface area (Å²) in [5, 5.41) is 1.15. The first-order valence-electron chi connectivity index (χ1n) is 3.34. The summed E-state index contributed by atoms with van der Waals surface area (Å²) in [6.07, 6.45) is 0.894. The number of carbonyl (C=O) groups is 1. The zero-order valence-electron chi connectivity index (χ0n) is 6.19. The number of rotatable bonds is 1. The predicted octanol–water partition coefficient (Wildman–Crippen LogP) is 3.14. The molecule has 0 atom stereocenters. The molecule has 1 aromatic carbocycles. The van der Waals surface area contributed by atoms with E-state index in [1.165, 1.54) is 16.0 Å². The van der Waals surface area contributed by atoms with E-state index < -0.39 is 0 Å². The van der Waals surface area contributed by atoms with Crippen LogP contribution in [0.3, 0.4) is 0 Å². The van der Waals surface area contributed by atoms with Crippen molar-refractivity contribution < 1.29 is 4.79 Å². The second-order valence-electron chi connectivity index (χ2n) is 2.30. The Hall–Kier alpha value is -0.860. The number of hydrogen-bond donors (Lipinski definition) is 0. The molecular weight excluding hydrogens is 192 g/mol. The molecule has 1 aromatic heterocycles. The van der Waals surface area contributed by atoms with E-state index in [4.69, 9.17) is 0 Å². The van der Waals surface area contributed by atoms with Crippen LogP contribution >= 0.6 is 23.7 Å². The summed E-state index contributed by atoms with van der Waals surface area (Å²) in [4.78, 5) is 11.2.